The maximum Gasteiger partial charge on any atom is 0.161 e. The van der Waals surface area contributed by atoms with Gasteiger partial charge in [0.25, 0.3) is 0 Å². The molecule has 2 nitrogen and oxygen atoms in total. The van der Waals surface area contributed by atoms with E-state index in [0.29, 0.717) is 17.9 Å². The third kappa shape index (κ3) is 1.90. The Kier molecular flexibility index (Phi) is 2.45. The van der Waals surface area contributed by atoms with Crippen LogP contribution in [0.15, 0.2) is 11.6 Å². The number of ketones is 1. The molecule has 1 rings (SSSR count). The van der Waals surface area contributed by atoms with Gasteiger partial charge in [0.2, 0.25) is 0 Å². The van der Waals surface area contributed by atoms with Crippen molar-refractivity contribution in [3.8, 4) is 0 Å². The summed E-state index contributed by atoms with van der Waals surface area (Å²) in [6, 6.07) is 0. The standard InChI is InChI=1S/C9H14O2/c1-6-3-4-8(7(2)10)9(11)5-6/h4,6-7,10H,3,5H2,1-2H3. The normalized spacial score (nSPS) is 28.1. The molecule has 0 amide bonds. The number of aliphatic hydroxyl groups is 1. The van der Waals surface area contributed by atoms with Crippen LogP contribution in [0.2, 0.25) is 0 Å². The van der Waals surface area contributed by atoms with E-state index in [1.165, 1.54) is 0 Å². The van der Waals surface area contributed by atoms with Crippen molar-refractivity contribution in [2.75, 3.05) is 0 Å². The van der Waals surface area contributed by atoms with Gasteiger partial charge in [0.05, 0.1) is 6.10 Å². The fourth-order valence-corrected chi connectivity index (χ4v) is 1.36. The predicted octanol–water partition coefficient (Wildman–Crippen LogP) is 1.29. The van der Waals surface area contributed by atoms with E-state index in [4.69, 9.17) is 5.11 Å². The molecular weight excluding hydrogens is 140 g/mol. The van der Waals surface area contributed by atoms with Gasteiger partial charge in [-0.05, 0) is 19.3 Å². The average molecular weight is 154 g/mol. The van der Waals surface area contributed by atoms with Crippen LogP contribution in [-0.2, 0) is 4.79 Å². The molecule has 1 aliphatic carbocycles. The Bertz CT molecular complexity index is 192. The van der Waals surface area contributed by atoms with Gasteiger partial charge in [-0.25, -0.2) is 0 Å². The lowest BCUT2D eigenvalue weighted by atomic mass is 9.88. The van der Waals surface area contributed by atoms with Crippen molar-refractivity contribution < 1.29 is 9.90 Å². The Hall–Kier alpha value is -0.630. The molecule has 0 spiro atoms. The minimum atomic E-state index is -0.588. The molecule has 11 heavy (non-hydrogen) atoms. The Labute approximate surface area is 66.9 Å². The monoisotopic (exact) mass is 154 g/mol. The molecule has 2 unspecified atom stereocenters. The summed E-state index contributed by atoms with van der Waals surface area (Å²) in [5, 5.41) is 9.14. The molecule has 0 aromatic rings. The van der Waals surface area contributed by atoms with Crippen LogP contribution in [0.4, 0.5) is 0 Å². The summed E-state index contributed by atoms with van der Waals surface area (Å²) < 4.78 is 0. The van der Waals surface area contributed by atoms with Gasteiger partial charge in [0.1, 0.15) is 0 Å². The van der Waals surface area contributed by atoms with Crippen LogP contribution < -0.4 is 0 Å². The molecule has 0 bridgehead atoms. The molecule has 0 saturated carbocycles. The zero-order valence-corrected chi connectivity index (χ0v) is 7.00. The average Bonchev–Trinajstić information content (AvgIpc) is 1.85. The van der Waals surface area contributed by atoms with Crippen molar-refractivity contribution in [3.63, 3.8) is 0 Å². The van der Waals surface area contributed by atoms with Crippen molar-refractivity contribution in [3.05, 3.63) is 11.6 Å². The Morgan fingerprint density at radius 1 is 1.73 bits per heavy atom. The van der Waals surface area contributed by atoms with E-state index >= 15 is 0 Å². The SMILES string of the molecule is CC1CC=C(C(C)O)C(=O)C1. The topological polar surface area (TPSA) is 37.3 Å². The quantitative estimate of drug-likeness (QED) is 0.618. The molecule has 0 aliphatic heterocycles. The summed E-state index contributed by atoms with van der Waals surface area (Å²) in [4.78, 5) is 11.2. The van der Waals surface area contributed by atoms with Crippen molar-refractivity contribution >= 4 is 5.78 Å². The first-order valence-electron chi connectivity index (χ1n) is 4.02. The van der Waals surface area contributed by atoms with E-state index < -0.39 is 6.10 Å². The zero-order valence-electron chi connectivity index (χ0n) is 7.00. The fourth-order valence-electron chi connectivity index (χ4n) is 1.36. The molecule has 2 heteroatoms. The van der Waals surface area contributed by atoms with Gasteiger partial charge in [-0.15, -0.1) is 0 Å². The van der Waals surface area contributed by atoms with Gasteiger partial charge in [0, 0.05) is 12.0 Å². The van der Waals surface area contributed by atoms with E-state index in [9.17, 15) is 4.79 Å². The van der Waals surface area contributed by atoms with E-state index in [1.807, 2.05) is 13.0 Å². The Balaban J connectivity index is 2.73. The van der Waals surface area contributed by atoms with Crippen LogP contribution in [0.3, 0.4) is 0 Å². The third-order valence-corrected chi connectivity index (χ3v) is 2.05. The molecule has 62 valence electrons. The number of Topliss-reactive ketones (excluding diaryl/α,β-unsaturated/α-hetero) is 1. The maximum absolute atomic E-state index is 11.2. The van der Waals surface area contributed by atoms with Gasteiger partial charge in [-0.1, -0.05) is 13.0 Å². The van der Waals surface area contributed by atoms with Crippen LogP contribution in [0.1, 0.15) is 26.7 Å². The maximum atomic E-state index is 11.2. The summed E-state index contributed by atoms with van der Waals surface area (Å²) in [7, 11) is 0. The third-order valence-electron chi connectivity index (χ3n) is 2.05. The summed E-state index contributed by atoms with van der Waals surface area (Å²) in [6.45, 7) is 3.69. The predicted molar refractivity (Wildman–Crippen MR) is 43.2 cm³/mol. The minimum absolute atomic E-state index is 0.110. The highest BCUT2D eigenvalue weighted by Crippen LogP contribution is 2.21. The largest absolute Gasteiger partial charge is 0.389 e. The second-order valence-electron chi connectivity index (χ2n) is 3.30. The number of allylic oxidation sites excluding steroid dienone is 1. The van der Waals surface area contributed by atoms with Crippen LogP contribution in [0.25, 0.3) is 0 Å². The van der Waals surface area contributed by atoms with Gasteiger partial charge in [0.15, 0.2) is 5.78 Å². The lowest BCUT2D eigenvalue weighted by Crippen LogP contribution is -2.20. The lowest BCUT2D eigenvalue weighted by molar-refractivity contribution is -0.117. The van der Waals surface area contributed by atoms with Gasteiger partial charge in [-0.3, -0.25) is 4.79 Å². The van der Waals surface area contributed by atoms with E-state index in [-0.39, 0.29) is 5.78 Å². The van der Waals surface area contributed by atoms with Crippen LogP contribution in [0, 0.1) is 5.92 Å². The van der Waals surface area contributed by atoms with Crippen LogP contribution in [-0.4, -0.2) is 17.0 Å². The molecule has 0 aromatic heterocycles. The van der Waals surface area contributed by atoms with Gasteiger partial charge in [-0.2, -0.15) is 0 Å². The lowest BCUT2D eigenvalue weighted by Gasteiger charge is -2.18. The van der Waals surface area contributed by atoms with E-state index in [2.05, 4.69) is 0 Å². The number of rotatable bonds is 1. The van der Waals surface area contributed by atoms with Gasteiger partial charge >= 0.3 is 0 Å². The number of hydrogen-bond donors (Lipinski definition) is 1. The van der Waals surface area contributed by atoms with Crippen LogP contribution in [0.5, 0.6) is 0 Å². The highest BCUT2D eigenvalue weighted by Gasteiger charge is 2.21. The zero-order chi connectivity index (χ0) is 8.43. The van der Waals surface area contributed by atoms with Crippen molar-refractivity contribution in [1.82, 2.24) is 0 Å². The second-order valence-corrected chi connectivity index (χ2v) is 3.30. The van der Waals surface area contributed by atoms with Crippen molar-refractivity contribution in [1.29, 1.82) is 0 Å². The fraction of sp³-hybridized carbons (Fsp3) is 0.667. The molecule has 2 atom stereocenters. The number of carbonyl (C=O) groups excluding carboxylic acids is 1. The number of carbonyl (C=O) groups is 1. The first-order chi connectivity index (χ1) is 5.11. The molecule has 0 saturated heterocycles. The number of aliphatic hydroxyl groups excluding tert-OH is 1. The first-order valence-corrected chi connectivity index (χ1v) is 4.02. The highest BCUT2D eigenvalue weighted by molar-refractivity contribution is 5.97. The molecule has 0 fully saturated rings. The minimum Gasteiger partial charge on any atom is -0.389 e. The Morgan fingerprint density at radius 2 is 2.36 bits per heavy atom. The molecule has 0 heterocycles. The van der Waals surface area contributed by atoms with Crippen molar-refractivity contribution in [2.24, 2.45) is 5.92 Å². The summed E-state index contributed by atoms with van der Waals surface area (Å²) in [5.74, 6) is 0.559. The summed E-state index contributed by atoms with van der Waals surface area (Å²) in [5.41, 5.74) is 0.600. The van der Waals surface area contributed by atoms with E-state index in [0.717, 1.165) is 6.42 Å². The van der Waals surface area contributed by atoms with Gasteiger partial charge < -0.3 is 5.11 Å². The number of hydrogen-bond acceptors (Lipinski definition) is 2. The molecule has 1 aliphatic rings. The first kappa shape index (κ1) is 8.47. The van der Waals surface area contributed by atoms with E-state index in [1.54, 1.807) is 6.92 Å². The second kappa shape index (κ2) is 3.18. The summed E-state index contributed by atoms with van der Waals surface area (Å²) in [6.07, 6.45) is 2.79. The summed E-state index contributed by atoms with van der Waals surface area (Å²) >= 11 is 0. The van der Waals surface area contributed by atoms with Crippen molar-refractivity contribution in [2.45, 2.75) is 32.8 Å². The molecular formula is C9H14O2. The molecule has 0 aromatic carbocycles. The molecule has 0 radical (unpaired) electrons. The highest BCUT2D eigenvalue weighted by atomic mass is 16.3. The smallest absolute Gasteiger partial charge is 0.161 e. The Morgan fingerprint density at radius 3 is 2.82 bits per heavy atom. The van der Waals surface area contributed by atoms with Crippen LogP contribution >= 0.6 is 0 Å². The molecule has 1 N–H and O–H groups in total.